The highest BCUT2D eigenvalue weighted by atomic mass is 79.9. The van der Waals surface area contributed by atoms with Crippen molar-refractivity contribution in [3.05, 3.63) is 42.8 Å². The lowest BCUT2D eigenvalue weighted by molar-refractivity contribution is 0.907. The van der Waals surface area contributed by atoms with Gasteiger partial charge in [0.2, 0.25) is 0 Å². The number of rotatable bonds is 1. The first-order valence-electron chi connectivity index (χ1n) is 4.47. The lowest BCUT2D eigenvalue weighted by atomic mass is 10.1. The van der Waals surface area contributed by atoms with Crippen LogP contribution in [0.25, 0.3) is 11.3 Å². The molecule has 0 aliphatic carbocycles. The van der Waals surface area contributed by atoms with Crippen LogP contribution in [0.4, 0.5) is 0 Å². The summed E-state index contributed by atoms with van der Waals surface area (Å²) in [4.78, 5) is 0. The Kier molecular flexibility index (Phi) is 3.84. The van der Waals surface area contributed by atoms with E-state index in [0.717, 1.165) is 29.8 Å². The Morgan fingerprint density at radius 2 is 1.81 bits per heavy atom. The highest BCUT2D eigenvalue weighted by Gasteiger charge is 2.17. The SMILES string of the molecule is Cn1c(Br)c(Br)c(Br)c1-c1cccc(Cl)c1. The molecule has 0 bridgehead atoms. The smallest absolute Gasteiger partial charge is 0.100 e. The maximum atomic E-state index is 6.00. The molecule has 0 aliphatic rings. The molecular weight excluding hydrogens is 421 g/mol. The fraction of sp³-hybridized carbons (Fsp3) is 0.0909. The molecule has 16 heavy (non-hydrogen) atoms. The third-order valence-electron chi connectivity index (χ3n) is 2.31. The molecule has 2 rings (SSSR count). The van der Waals surface area contributed by atoms with E-state index in [1.807, 2.05) is 31.3 Å². The van der Waals surface area contributed by atoms with Gasteiger partial charge in [-0.3, -0.25) is 0 Å². The number of hydrogen-bond donors (Lipinski definition) is 0. The fourth-order valence-electron chi connectivity index (χ4n) is 1.54. The maximum absolute atomic E-state index is 6.00. The van der Waals surface area contributed by atoms with Gasteiger partial charge in [0.05, 0.1) is 14.6 Å². The number of halogens is 4. The van der Waals surface area contributed by atoms with E-state index in [0.29, 0.717) is 0 Å². The summed E-state index contributed by atoms with van der Waals surface area (Å²) in [6.07, 6.45) is 0. The molecule has 0 aliphatic heterocycles. The van der Waals surface area contributed by atoms with Gasteiger partial charge >= 0.3 is 0 Å². The fourth-order valence-corrected chi connectivity index (χ4v) is 3.51. The van der Waals surface area contributed by atoms with Crippen LogP contribution >= 0.6 is 59.4 Å². The molecule has 1 heterocycles. The average molecular weight is 428 g/mol. The molecule has 1 aromatic carbocycles. The topological polar surface area (TPSA) is 4.93 Å². The van der Waals surface area contributed by atoms with Gasteiger partial charge in [0.15, 0.2) is 0 Å². The quantitative estimate of drug-likeness (QED) is 0.555. The summed E-state index contributed by atoms with van der Waals surface area (Å²) < 4.78 is 5.07. The van der Waals surface area contributed by atoms with Crippen LogP contribution in [-0.2, 0) is 7.05 Å². The largest absolute Gasteiger partial charge is 0.336 e. The molecule has 5 heteroatoms. The molecule has 1 nitrogen and oxygen atoms in total. The molecule has 0 spiro atoms. The summed E-state index contributed by atoms with van der Waals surface area (Å²) >= 11 is 16.6. The summed E-state index contributed by atoms with van der Waals surface area (Å²) in [7, 11) is 2.00. The zero-order valence-corrected chi connectivity index (χ0v) is 13.8. The van der Waals surface area contributed by atoms with E-state index in [9.17, 15) is 0 Å². The maximum Gasteiger partial charge on any atom is 0.100 e. The van der Waals surface area contributed by atoms with Crippen LogP contribution in [0.15, 0.2) is 37.8 Å². The molecule has 0 N–H and O–H groups in total. The molecule has 0 saturated carbocycles. The van der Waals surface area contributed by atoms with Crippen LogP contribution in [0, 0.1) is 0 Å². The van der Waals surface area contributed by atoms with Gasteiger partial charge in [0.25, 0.3) is 0 Å². The second-order valence-corrected chi connectivity index (χ2v) is 6.11. The minimum absolute atomic E-state index is 0.734. The van der Waals surface area contributed by atoms with Crippen molar-refractivity contribution in [3.63, 3.8) is 0 Å². The minimum Gasteiger partial charge on any atom is -0.336 e. The first-order chi connectivity index (χ1) is 7.52. The molecule has 0 radical (unpaired) electrons. The van der Waals surface area contributed by atoms with Crippen molar-refractivity contribution in [2.45, 2.75) is 0 Å². The Balaban J connectivity index is 2.69. The molecular formula is C11H7Br3ClN. The van der Waals surface area contributed by atoms with Crippen molar-refractivity contribution in [1.82, 2.24) is 4.57 Å². The monoisotopic (exact) mass is 425 g/mol. The number of hydrogen-bond acceptors (Lipinski definition) is 0. The van der Waals surface area contributed by atoms with Crippen LogP contribution in [0.2, 0.25) is 5.02 Å². The van der Waals surface area contributed by atoms with Crippen LogP contribution in [0.1, 0.15) is 0 Å². The van der Waals surface area contributed by atoms with Crippen LogP contribution in [-0.4, -0.2) is 4.57 Å². The van der Waals surface area contributed by atoms with Crippen molar-refractivity contribution in [2.24, 2.45) is 7.05 Å². The molecule has 1 aromatic heterocycles. The van der Waals surface area contributed by atoms with Gasteiger partial charge in [-0.1, -0.05) is 23.7 Å². The minimum atomic E-state index is 0.734. The molecule has 0 unspecified atom stereocenters. The zero-order chi connectivity index (χ0) is 11.9. The Morgan fingerprint density at radius 1 is 1.12 bits per heavy atom. The van der Waals surface area contributed by atoms with Crippen LogP contribution in [0.5, 0.6) is 0 Å². The number of nitrogens with zero attached hydrogens (tertiary/aromatic N) is 1. The zero-order valence-electron chi connectivity index (χ0n) is 8.27. The predicted molar refractivity (Wildman–Crippen MR) is 79.0 cm³/mol. The molecule has 0 atom stereocenters. The van der Waals surface area contributed by atoms with Gasteiger partial charge in [-0.2, -0.15) is 0 Å². The third kappa shape index (κ3) is 2.13. The Morgan fingerprint density at radius 3 is 2.31 bits per heavy atom. The lowest BCUT2D eigenvalue weighted by Gasteiger charge is -2.05. The second kappa shape index (κ2) is 4.84. The molecule has 0 saturated heterocycles. The average Bonchev–Trinajstić information content (AvgIpc) is 2.44. The first-order valence-corrected chi connectivity index (χ1v) is 7.23. The number of benzene rings is 1. The summed E-state index contributed by atoms with van der Waals surface area (Å²) in [5.41, 5.74) is 2.16. The summed E-state index contributed by atoms with van der Waals surface area (Å²) in [6.45, 7) is 0. The first kappa shape index (κ1) is 12.7. The van der Waals surface area contributed by atoms with E-state index < -0.39 is 0 Å². The van der Waals surface area contributed by atoms with E-state index in [1.54, 1.807) is 0 Å². The summed E-state index contributed by atoms with van der Waals surface area (Å²) in [5.74, 6) is 0. The van der Waals surface area contributed by atoms with E-state index in [2.05, 4.69) is 52.4 Å². The van der Waals surface area contributed by atoms with Crippen molar-refractivity contribution < 1.29 is 0 Å². The van der Waals surface area contributed by atoms with Crippen molar-refractivity contribution >= 4 is 59.4 Å². The van der Waals surface area contributed by atoms with Gasteiger partial charge in [0.1, 0.15) is 4.60 Å². The highest BCUT2D eigenvalue weighted by Crippen LogP contribution is 2.41. The van der Waals surface area contributed by atoms with E-state index in [4.69, 9.17) is 11.6 Å². The second-order valence-electron chi connectivity index (χ2n) is 3.34. The van der Waals surface area contributed by atoms with Gasteiger partial charge in [-0.05, 0) is 59.9 Å². The summed E-state index contributed by atoms with van der Waals surface area (Å²) in [6, 6.07) is 7.79. The molecule has 0 amide bonds. The third-order valence-corrected chi connectivity index (χ3v) is 6.08. The Labute approximate surface area is 124 Å². The van der Waals surface area contributed by atoms with Gasteiger partial charge in [-0.25, -0.2) is 0 Å². The van der Waals surface area contributed by atoms with Crippen molar-refractivity contribution in [2.75, 3.05) is 0 Å². The van der Waals surface area contributed by atoms with Crippen molar-refractivity contribution in [1.29, 1.82) is 0 Å². The predicted octanol–water partition coefficient (Wildman–Crippen LogP) is 5.63. The standard InChI is InChI=1S/C11H7Br3ClN/c1-16-10(8(12)9(13)11(16)14)6-3-2-4-7(15)5-6/h2-5H,1H3. The van der Waals surface area contributed by atoms with E-state index in [1.165, 1.54) is 0 Å². The summed E-state index contributed by atoms with van der Waals surface area (Å²) in [5, 5.41) is 0.734. The van der Waals surface area contributed by atoms with E-state index in [-0.39, 0.29) is 0 Å². The van der Waals surface area contributed by atoms with E-state index >= 15 is 0 Å². The van der Waals surface area contributed by atoms with Crippen LogP contribution < -0.4 is 0 Å². The van der Waals surface area contributed by atoms with Crippen LogP contribution in [0.3, 0.4) is 0 Å². The lowest BCUT2D eigenvalue weighted by Crippen LogP contribution is -1.91. The Bertz CT molecular complexity index is 523. The van der Waals surface area contributed by atoms with Crippen molar-refractivity contribution in [3.8, 4) is 11.3 Å². The molecule has 84 valence electrons. The molecule has 2 aromatic rings. The normalized spacial score (nSPS) is 10.8. The Hall–Kier alpha value is 0.230. The molecule has 0 fully saturated rings. The van der Waals surface area contributed by atoms with Gasteiger partial charge in [0, 0.05) is 17.6 Å². The van der Waals surface area contributed by atoms with Gasteiger partial charge < -0.3 is 4.57 Å². The highest BCUT2D eigenvalue weighted by molar-refractivity contribution is 9.14. The number of aromatic nitrogens is 1. The van der Waals surface area contributed by atoms with Gasteiger partial charge in [-0.15, -0.1) is 0 Å².